The van der Waals surface area contributed by atoms with Crippen LogP contribution in [0.5, 0.6) is 0 Å². The smallest absolute Gasteiger partial charge is 0.365 e. The van der Waals surface area contributed by atoms with Crippen molar-refractivity contribution in [1.82, 2.24) is 9.97 Å². The highest BCUT2D eigenvalue weighted by Gasteiger charge is 2.34. The summed E-state index contributed by atoms with van der Waals surface area (Å²) >= 11 is 0. The number of anilines is 2. The summed E-state index contributed by atoms with van der Waals surface area (Å²) < 4.78 is 38.9. The van der Waals surface area contributed by atoms with Gasteiger partial charge in [-0.15, -0.1) is 0 Å². The van der Waals surface area contributed by atoms with Gasteiger partial charge in [-0.3, -0.25) is 4.79 Å². The number of rotatable bonds is 2. The largest absolute Gasteiger partial charge is 0.433 e. The van der Waals surface area contributed by atoms with Crippen LogP contribution in [0.1, 0.15) is 17.2 Å². The molecule has 24 heavy (non-hydrogen) atoms. The summed E-state index contributed by atoms with van der Waals surface area (Å²) in [6, 6.07) is 7.83. The van der Waals surface area contributed by atoms with Crippen molar-refractivity contribution in [3.05, 3.63) is 53.4 Å². The topological polar surface area (TPSA) is 92.9 Å². The Morgan fingerprint density at radius 3 is 2.21 bits per heavy atom. The van der Waals surface area contributed by atoms with Crippen LogP contribution in [0.15, 0.2) is 36.2 Å². The van der Waals surface area contributed by atoms with E-state index in [4.69, 9.17) is 5.73 Å². The fraction of sp³-hybridized carbons (Fsp3) is 0.133. The molecule has 0 spiro atoms. The van der Waals surface area contributed by atoms with Crippen LogP contribution in [0.3, 0.4) is 0 Å². The molecule has 2 aromatic rings. The number of para-hydroxylation sites is 2. The predicted octanol–water partition coefficient (Wildman–Crippen LogP) is 2.50. The van der Waals surface area contributed by atoms with E-state index in [0.717, 1.165) is 6.07 Å². The molecule has 3 rings (SSSR count). The standard InChI is InChI=1S/C15H12F3N5O/c1-7-6-10(15(16,17)18)23-13(20-7)11(12(19)24)14-21-8-4-2-3-5-9(8)22-14/h2-6,21-22H,1H3,(H2,19,24). The van der Waals surface area contributed by atoms with Crippen LogP contribution in [-0.4, -0.2) is 15.9 Å². The van der Waals surface area contributed by atoms with E-state index in [0.29, 0.717) is 11.4 Å². The summed E-state index contributed by atoms with van der Waals surface area (Å²) in [7, 11) is 0. The van der Waals surface area contributed by atoms with E-state index in [1.165, 1.54) is 6.92 Å². The molecule has 6 nitrogen and oxygen atoms in total. The Morgan fingerprint density at radius 1 is 1.12 bits per heavy atom. The second-order valence-electron chi connectivity index (χ2n) is 5.13. The fourth-order valence-electron chi connectivity index (χ4n) is 2.30. The van der Waals surface area contributed by atoms with Crippen LogP contribution in [0.2, 0.25) is 0 Å². The lowest BCUT2D eigenvalue weighted by molar-refractivity contribution is -0.141. The van der Waals surface area contributed by atoms with Crippen LogP contribution in [0, 0.1) is 6.92 Å². The number of aromatic nitrogens is 2. The average molecular weight is 335 g/mol. The summed E-state index contributed by atoms with van der Waals surface area (Å²) in [6.45, 7) is 1.38. The molecule has 0 aliphatic carbocycles. The Kier molecular flexibility index (Phi) is 3.63. The number of hydrogen-bond donors (Lipinski definition) is 3. The Labute approximate surface area is 134 Å². The number of aryl methyl sites for hydroxylation is 1. The van der Waals surface area contributed by atoms with E-state index in [9.17, 15) is 18.0 Å². The number of nitrogens with two attached hydrogens (primary N) is 1. The molecule has 1 aliphatic rings. The van der Waals surface area contributed by atoms with Crippen LogP contribution in [-0.2, 0) is 11.0 Å². The minimum absolute atomic E-state index is 0.0715. The van der Waals surface area contributed by atoms with E-state index in [-0.39, 0.29) is 17.1 Å². The molecule has 0 radical (unpaired) electrons. The molecule has 9 heteroatoms. The maximum Gasteiger partial charge on any atom is 0.433 e. The van der Waals surface area contributed by atoms with E-state index in [1.54, 1.807) is 24.3 Å². The van der Waals surface area contributed by atoms with Crippen LogP contribution in [0.4, 0.5) is 24.5 Å². The number of amides is 1. The molecule has 4 N–H and O–H groups in total. The number of nitrogens with zero attached hydrogens (tertiary/aromatic N) is 2. The average Bonchev–Trinajstić information content (AvgIpc) is 2.88. The zero-order valence-electron chi connectivity index (χ0n) is 12.4. The Balaban J connectivity index is 2.13. The highest BCUT2D eigenvalue weighted by atomic mass is 19.4. The molecule has 0 fully saturated rings. The van der Waals surface area contributed by atoms with Crippen LogP contribution < -0.4 is 16.4 Å². The fourth-order valence-corrected chi connectivity index (χ4v) is 2.30. The second kappa shape index (κ2) is 5.52. The van der Waals surface area contributed by atoms with Gasteiger partial charge in [0.25, 0.3) is 5.91 Å². The summed E-state index contributed by atoms with van der Waals surface area (Å²) in [5.74, 6) is -1.20. The number of benzene rings is 1. The lowest BCUT2D eigenvalue weighted by atomic mass is 10.2. The van der Waals surface area contributed by atoms with Crippen molar-refractivity contribution in [2.45, 2.75) is 13.1 Å². The quantitative estimate of drug-likeness (QED) is 0.733. The van der Waals surface area contributed by atoms with E-state index >= 15 is 0 Å². The Hall–Kier alpha value is -3.10. The van der Waals surface area contributed by atoms with Crippen molar-refractivity contribution in [2.75, 3.05) is 10.6 Å². The van der Waals surface area contributed by atoms with Crippen molar-refractivity contribution in [3.63, 3.8) is 0 Å². The first kappa shape index (κ1) is 15.8. The number of alkyl halides is 3. The Bertz CT molecular complexity index is 833. The number of carbonyl (C=O) groups is 1. The maximum atomic E-state index is 13.0. The summed E-state index contributed by atoms with van der Waals surface area (Å²) in [6.07, 6.45) is -4.66. The molecule has 1 amide bonds. The third-order valence-corrected chi connectivity index (χ3v) is 3.31. The van der Waals surface area contributed by atoms with Gasteiger partial charge in [-0.2, -0.15) is 13.2 Å². The first-order valence-electron chi connectivity index (χ1n) is 6.86. The predicted molar refractivity (Wildman–Crippen MR) is 81.6 cm³/mol. The van der Waals surface area contributed by atoms with E-state index in [1.807, 2.05) is 0 Å². The lowest BCUT2D eigenvalue weighted by Crippen LogP contribution is -2.22. The monoisotopic (exact) mass is 335 g/mol. The molecule has 1 aliphatic heterocycles. The van der Waals surface area contributed by atoms with Crippen molar-refractivity contribution in [3.8, 4) is 0 Å². The molecule has 0 saturated carbocycles. The van der Waals surface area contributed by atoms with Gasteiger partial charge in [-0.25, -0.2) is 9.97 Å². The molecular weight excluding hydrogens is 323 g/mol. The highest BCUT2D eigenvalue weighted by Crippen LogP contribution is 2.33. The first-order valence-corrected chi connectivity index (χ1v) is 6.86. The maximum absolute atomic E-state index is 13.0. The van der Waals surface area contributed by atoms with Gasteiger partial charge >= 0.3 is 6.18 Å². The van der Waals surface area contributed by atoms with Crippen molar-refractivity contribution in [2.24, 2.45) is 5.73 Å². The van der Waals surface area contributed by atoms with Gasteiger partial charge in [0.1, 0.15) is 17.1 Å². The molecule has 0 atom stereocenters. The molecule has 0 bridgehead atoms. The summed E-state index contributed by atoms with van der Waals surface area (Å²) in [5, 5.41) is 5.80. The van der Waals surface area contributed by atoms with Crippen LogP contribution in [0.25, 0.3) is 5.57 Å². The van der Waals surface area contributed by atoms with E-state index in [2.05, 4.69) is 20.6 Å². The van der Waals surface area contributed by atoms with Crippen LogP contribution >= 0.6 is 0 Å². The number of nitrogens with one attached hydrogen (secondary N) is 2. The third kappa shape index (κ3) is 2.87. The van der Waals surface area contributed by atoms with Gasteiger partial charge in [-0.05, 0) is 25.1 Å². The van der Waals surface area contributed by atoms with Gasteiger partial charge in [-0.1, -0.05) is 12.1 Å². The SMILES string of the molecule is Cc1cc(C(F)(F)F)nc(C(C(N)=O)=C2Nc3ccccc3N2)n1. The summed E-state index contributed by atoms with van der Waals surface area (Å²) in [4.78, 5) is 19.2. The van der Waals surface area contributed by atoms with Crippen molar-refractivity contribution >= 4 is 22.9 Å². The molecule has 1 aromatic carbocycles. The minimum atomic E-state index is -4.66. The minimum Gasteiger partial charge on any atom is -0.365 e. The number of hydrogen-bond acceptors (Lipinski definition) is 5. The normalized spacial score (nSPS) is 13.1. The molecule has 124 valence electrons. The first-order chi connectivity index (χ1) is 11.3. The number of carbonyl (C=O) groups excluding carboxylic acids is 1. The van der Waals surface area contributed by atoms with Gasteiger partial charge < -0.3 is 16.4 Å². The Morgan fingerprint density at radius 2 is 1.71 bits per heavy atom. The molecular formula is C15H12F3N5O. The second-order valence-corrected chi connectivity index (χ2v) is 5.13. The number of halogens is 3. The molecule has 1 aromatic heterocycles. The molecule has 0 saturated heterocycles. The lowest BCUT2D eigenvalue weighted by Gasteiger charge is -2.11. The highest BCUT2D eigenvalue weighted by molar-refractivity contribution is 6.20. The zero-order chi connectivity index (χ0) is 17.5. The summed E-state index contributed by atoms with van der Waals surface area (Å²) in [5.41, 5.74) is 5.36. The number of primary amides is 1. The molecule has 2 heterocycles. The van der Waals surface area contributed by atoms with E-state index < -0.39 is 23.6 Å². The van der Waals surface area contributed by atoms with Crippen molar-refractivity contribution in [1.29, 1.82) is 0 Å². The zero-order valence-corrected chi connectivity index (χ0v) is 12.4. The van der Waals surface area contributed by atoms with Crippen molar-refractivity contribution < 1.29 is 18.0 Å². The third-order valence-electron chi connectivity index (χ3n) is 3.31. The van der Waals surface area contributed by atoms with Gasteiger partial charge in [0, 0.05) is 5.69 Å². The van der Waals surface area contributed by atoms with Gasteiger partial charge in [0.2, 0.25) is 0 Å². The number of fused-ring (bicyclic) bond motifs is 1. The van der Waals surface area contributed by atoms with Gasteiger partial charge in [0.15, 0.2) is 5.82 Å². The van der Waals surface area contributed by atoms with Gasteiger partial charge in [0.05, 0.1) is 11.4 Å². The molecule has 0 unspecified atom stereocenters.